The van der Waals surface area contributed by atoms with Gasteiger partial charge in [-0.3, -0.25) is 0 Å². The molecule has 4 heteroatoms. The molecule has 0 radical (unpaired) electrons. The zero-order chi connectivity index (χ0) is 7.98. The van der Waals surface area contributed by atoms with Gasteiger partial charge in [-0.05, 0) is 6.42 Å². The molecule has 0 aromatic carbocycles. The summed E-state index contributed by atoms with van der Waals surface area (Å²) in [7, 11) is 0. The maximum absolute atomic E-state index is 10.5. The molecule has 10 heavy (non-hydrogen) atoms. The van der Waals surface area contributed by atoms with Crippen LogP contribution >= 0.6 is 0 Å². The molecule has 1 atom stereocenters. The molecule has 4 N–H and O–H groups in total. The second-order valence-corrected chi connectivity index (χ2v) is 2.19. The lowest BCUT2D eigenvalue weighted by Gasteiger charge is -2.05. The summed E-state index contributed by atoms with van der Waals surface area (Å²) in [6, 6.07) is -0.551. The van der Waals surface area contributed by atoms with Crippen LogP contribution < -0.4 is 11.6 Å². The molecular weight excluding hydrogens is 132 g/mol. The van der Waals surface area contributed by atoms with Crippen LogP contribution in [0.4, 0.5) is 0 Å². The highest BCUT2D eigenvalue weighted by molar-refractivity contribution is 5.74. The smallest absolute Gasteiger partial charge is 0.341 e. The van der Waals surface area contributed by atoms with Crippen molar-refractivity contribution in [1.29, 1.82) is 0 Å². The third kappa shape index (κ3) is 3.42. The largest absolute Gasteiger partial charge is 0.372 e. The Morgan fingerprint density at radius 1 is 1.70 bits per heavy atom. The quantitative estimate of drug-likeness (QED) is 0.544. The Hall–Kier alpha value is -0.610. The second-order valence-electron chi connectivity index (χ2n) is 2.19. The van der Waals surface area contributed by atoms with Crippen LogP contribution in [0.25, 0.3) is 0 Å². The van der Waals surface area contributed by atoms with Crippen LogP contribution in [0.1, 0.15) is 26.2 Å². The normalized spacial score (nSPS) is 12.7. The highest BCUT2D eigenvalue weighted by Crippen LogP contribution is 1.98. The van der Waals surface area contributed by atoms with Gasteiger partial charge in [-0.2, -0.15) is 5.90 Å². The first-order chi connectivity index (χ1) is 4.72. The van der Waals surface area contributed by atoms with E-state index in [1.807, 2.05) is 6.92 Å². The third-order valence-electron chi connectivity index (χ3n) is 1.29. The number of unbranched alkanes of at least 4 members (excludes halogenated alkanes) is 1. The molecule has 0 unspecified atom stereocenters. The van der Waals surface area contributed by atoms with Crippen LogP contribution in [0.2, 0.25) is 0 Å². The van der Waals surface area contributed by atoms with E-state index >= 15 is 0 Å². The molecule has 0 aliphatic heterocycles. The van der Waals surface area contributed by atoms with Crippen LogP contribution in [0.15, 0.2) is 0 Å². The van der Waals surface area contributed by atoms with Gasteiger partial charge < -0.3 is 10.6 Å². The number of carbonyl (C=O) groups is 1. The standard InChI is InChI=1S/C6H14N2O2/c1-2-3-4-5(7)6(9)10-8/h5H,2-4,7-8H2,1H3/t5-/m0/s1. The molecule has 0 saturated heterocycles. The fraction of sp³-hybridized carbons (Fsp3) is 0.833. The minimum atomic E-state index is -0.551. The van der Waals surface area contributed by atoms with Crippen molar-refractivity contribution < 1.29 is 9.63 Å². The van der Waals surface area contributed by atoms with E-state index in [9.17, 15) is 4.79 Å². The molecule has 0 saturated carbocycles. The van der Waals surface area contributed by atoms with E-state index in [4.69, 9.17) is 5.73 Å². The molecule has 0 fully saturated rings. The van der Waals surface area contributed by atoms with Crippen LogP contribution in [0, 0.1) is 0 Å². The fourth-order valence-corrected chi connectivity index (χ4v) is 0.629. The SMILES string of the molecule is CCCC[C@H](N)C(=O)ON. The lowest BCUT2D eigenvalue weighted by Crippen LogP contribution is -2.33. The van der Waals surface area contributed by atoms with Gasteiger partial charge in [0.2, 0.25) is 0 Å². The zero-order valence-electron chi connectivity index (χ0n) is 6.17. The first-order valence-electron chi connectivity index (χ1n) is 3.38. The summed E-state index contributed by atoms with van der Waals surface area (Å²) >= 11 is 0. The van der Waals surface area contributed by atoms with Gasteiger partial charge in [0.15, 0.2) is 0 Å². The first kappa shape index (κ1) is 9.39. The molecule has 60 valence electrons. The molecule has 0 amide bonds. The Labute approximate surface area is 60.5 Å². The van der Waals surface area contributed by atoms with E-state index in [-0.39, 0.29) is 0 Å². The molecule has 0 heterocycles. The van der Waals surface area contributed by atoms with Crippen molar-refractivity contribution in [2.75, 3.05) is 0 Å². The van der Waals surface area contributed by atoms with Crippen molar-refractivity contribution in [2.24, 2.45) is 11.6 Å². The highest BCUT2D eigenvalue weighted by atomic mass is 16.7. The van der Waals surface area contributed by atoms with Crippen molar-refractivity contribution in [2.45, 2.75) is 32.2 Å². The number of hydrogen-bond donors (Lipinski definition) is 2. The van der Waals surface area contributed by atoms with Gasteiger partial charge in [-0.15, -0.1) is 0 Å². The third-order valence-corrected chi connectivity index (χ3v) is 1.29. The molecule has 4 nitrogen and oxygen atoms in total. The number of rotatable bonds is 4. The summed E-state index contributed by atoms with van der Waals surface area (Å²) in [5.41, 5.74) is 5.36. The molecule has 0 spiro atoms. The van der Waals surface area contributed by atoms with Crippen LogP contribution in [0.5, 0.6) is 0 Å². The molecule has 0 aromatic heterocycles. The Balaban J connectivity index is 3.41. The summed E-state index contributed by atoms with van der Waals surface area (Å²) in [5.74, 6) is 4.08. The average molecular weight is 146 g/mol. The summed E-state index contributed by atoms with van der Waals surface area (Å²) in [5, 5.41) is 0. The van der Waals surface area contributed by atoms with Crippen molar-refractivity contribution in [3.8, 4) is 0 Å². The van der Waals surface area contributed by atoms with Crippen molar-refractivity contribution in [3.63, 3.8) is 0 Å². The summed E-state index contributed by atoms with van der Waals surface area (Å²) in [6.45, 7) is 2.03. The molecular formula is C6H14N2O2. The zero-order valence-corrected chi connectivity index (χ0v) is 6.17. The van der Waals surface area contributed by atoms with E-state index < -0.39 is 12.0 Å². The van der Waals surface area contributed by atoms with Gasteiger partial charge in [-0.1, -0.05) is 19.8 Å². The minimum absolute atomic E-state index is 0.534. The van der Waals surface area contributed by atoms with Gasteiger partial charge in [0.05, 0.1) is 0 Å². The molecule has 0 aromatic rings. The predicted octanol–water partition coefficient (Wildman–Crippen LogP) is -0.0792. The highest BCUT2D eigenvalue weighted by Gasteiger charge is 2.12. The number of nitrogens with two attached hydrogens (primary N) is 2. The Bertz CT molecular complexity index is 106. The van der Waals surface area contributed by atoms with Gasteiger partial charge in [0.25, 0.3) is 0 Å². The Morgan fingerprint density at radius 2 is 2.30 bits per heavy atom. The van der Waals surface area contributed by atoms with Gasteiger partial charge in [0, 0.05) is 0 Å². The molecule has 0 aliphatic carbocycles. The van der Waals surface area contributed by atoms with E-state index in [2.05, 4.69) is 10.7 Å². The van der Waals surface area contributed by atoms with E-state index in [1.54, 1.807) is 0 Å². The van der Waals surface area contributed by atoms with Crippen molar-refractivity contribution >= 4 is 5.97 Å². The minimum Gasteiger partial charge on any atom is -0.372 e. The van der Waals surface area contributed by atoms with Gasteiger partial charge >= 0.3 is 5.97 Å². The van der Waals surface area contributed by atoms with Crippen LogP contribution in [-0.4, -0.2) is 12.0 Å². The molecule has 0 rings (SSSR count). The lowest BCUT2D eigenvalue weighted by molar-refractivity contribution is -0.145. The Kier molecular flexibility index (Phi) is 4.88. The monoisotopic (exact) mass is 146 g/mol. The van der Waals surface area contributed by atoms with Gasteiger partial charge in [0.1, 0.15) is 6.04 Å². The summed E-state index contributed by atoms with van der Waals surface area (Å²) in [6.07, 6.45) is 2.59. The first-order valence-corrected chi connectivity index (χ1v) is 3.38. The van der Waals surface area contributed by atoms with Crippen molar-refractivity contribution in [3.05, 3.63) is 0 Å². The van der Waals surface area contributed by atoms with Crippen LogP contribution in [-0.2, 0) is 9.63 Å². The van der Waals surface area contributed by atoms with Crippen LogP contribution in [0.3, 0.4) is 0 Å². The maximum atomic E-state index is 10.5. The number of hydrogen-bond acceptors (Lipinski definition) is 4. The summed E-state index contributed by atoms with van der Waals surface area (Å²) < 4.78 is 0. The lowest BCUT2D eigenvalue weighted by atomic mass is 10.1. The maximum Gasteiger partial charge on any atom is 0.341 e. The van der Waals surface area contributed by atoms with E-state index in [0.29, 0.717) is 6.42 Å². The van der Waals surface area contributed by atoms with Crippen molar-refractivity contribution in [1.82, 2.24) is 0 Å². The topological polar surface area (TPSA) is 78.3 Å². The molecule has 0 aliphatic rings. The second kappa shape index (κ2) is 5.20. The van der Waals surface area contributed by atoms with Gasteiger partial charge in [-0.25, -0.2) is 4.79 Å². The number of carbonyl (C=O) groups excluding carboxylic acids is 1. The van der Waals surface area contributed by atoms with E-state index in [0.717, 1.165) is 12.8 Å². The summed E-state index contributed by atoms with van der Waals surface area (Å²) in [4.78, 5) is 14.5. The average Bonchev–Trinajstić information content (AvgIpc) is 1.98. The fourth-order valence-electron chi connectivity index (χ4n) is 0.629. The predicted molar refractivity (Wildman–Crippen MR) is 37.8 cm³/mol. The van der Waals surface area contributed by atoms with E-state index in [1.165, 1.54) is 0 Å². The Morgan fingerprint density at radius 3 is 2.70 bits per heavy atom. The molecule has 0 bridgehead atoms.